The van der Waals surface area contributed by atoms with Crippen LogP contribution in [-0.2, 0) is 6.54 Å². The first-order chi connectivity index (χ1) is 14.9. The number of aromatic nitrogens is 1. The molecule has 4 rings (SSSR count). The zero-order valence-corrected chi connectivity index (χ0v) is 16.8. The molecule has 0 bridgehead atoms. The number of fused-ring (bicyclic) bond motifs is 1. The van der Waals surface area contributed by atoms with E-state index >= 15 is 0 Å². The Labute approximate surface area is 177 Å². The van der Waals surface area contributed by atoms with E-state index in [9.17, 15) is 13.9 Å². The molecule has 0 spiro atoms. The summed E-state index contributed by atoms with van der Waals surface area (Å²) in [6.45, 7) is -0.408. The lowest BCUT2D eigenvalue weighted by Crippen LogP contribution is -2.55. The van der Waals surface area contributed by atoms with Crippen molar-refractivity contribution in [2.45, 2.75) is 50.7 Å². The molecule has 9 nitrogen and oxygen atoms in total. The third-order valence-electron chi connectivity index (χ3n) is 5.51. The summed E-state index contributed by atoms with van der Waals surface area (Å²) < 4.78 is 27.2. The Kier molecular flexibility index (Phi) is 5.94. The quantitative estimate of drug-likeness (QED) is 0.300. The van der Waals surface area contributed by atoms with Crippen LogP contribution < -0.4 is 32.3 Å². The monoisotopic (exact) mass is 431 g/mol. The van der Waals surface area contributed by atoms with Crippen molar-refractivity contribution in [1.29, 1.82) is 5.41 Å². The topological polar surface area (TPSA) is 138 Å². The Morgan fingerprint density at radius 1 is 1.29 bits per heavy atom. The molecule has 0 unspecified atom stereocenters. The van der Waals surface area contributed by atoms with Crippen LogP contribution in [0.5, 0.6) is 0 Å². The molecule has 7 N–H and O–H groups in total. The summed E-state index contributed by atoms with van der Waals surface area (Å²) in [7, 11) is 0. The number of guanidine groups is 1. The Balaban J connectivity index is 1.62. The highest BCUT2D eigenvalue weighted by molar-refractivity contribution is 5.96. The largest absolute Gasteiger partial charge is 0.858 e. The number of nitrogens with two attached hydrogens (primary N) is 1. The number of aliphatic imine (C=N–C) groups is 1. The van der Waals surface area contributed by atoms with Gasteiger partial charge in [-0.15, -0.1) is 0 Å². The van der Waals surface area contributed by atoms with Crippen LogP contribution in [-0.4, -0.2) is 34.9 Å². The van der Waals surface area contributed by atoms with E-state index < -0.39 is 18.9 Å². The van der Waals surface area contributed by atoms with Crippen LogP contribution in [0.15, 0.2) is 47.0 Å². The highest BCUT2D eigenvalue weighted by Crippen LogP contribution is 2.26. The molecule has 0 amide bonds. The van der Waals surface area contributed by atoms with Gasteiger partial charge in [0.1, 0.15) is 11.5 Å². The average Bonchev–Trinajstić information content (AvgIpc) is 3.13. The molecule has 11 heteroatoms. The summed E-state index contributed by atoms with van der Waals surface area (Å²) in [5, 5.41) is 26.2. The molecular weight excluding hydrogens is 406 g/mol. The number of hydrogen-bond acceptors (Lipinski definition) is 6. The Morgan fingerprint density at radius 2 is 2.10 bits per heavy atom. The van der Waals surface area contributed by atoms with E-state index in [4.69, 9.17) is 11.1 Å². The first-order valence-electron chi connectivity index (χ1n) is 10.2. The van der Waals surface area contributed by atoms with Crippen molar-refractivity contribution in [2.75, 3.05) is 5.32 Å². The van der Waals surface area contributed by atoms with Crippen LogP contribution in [0.25, 0.3) is 10.9 Å². The van der Waals surface area contributed by atoms with E-state index in [1.807, 2.05) is 0 Å². The summed E-state index contributed by atoms with van der Waals surface area (Å²) in [5.41, 5.74) is 12.9. The van der Waals surface area contributed by atoms with E-state index in [1.54, 1.807) is 30.5 Å². The fourth-order valence-corrected chi connectivity index (χ4v) is 3.97. The van der Waals surface area contributed by atoms with Gasteiger partial charge >= 0.3 is 0 Å². The molecule has 0 saturated heterocycles. The third kappa shape index (κ3) is 4.55. The number of hydrogen-bond donors (Lipinski definition) is 6. The van der Waals surface area contributed by atoms with E-state index in [-0.39, 0.29) is 23.6 Å². The number of nitrogens with one attached hydrogen (secondary N) is 5. The second kappa shape index (κ2) is 8.80. The third-order valence-corrected chi connectivity index (χ3v) is 5.51. The second-order valence-electron chi connectivity index (χ2n) is 7.67. The smallest absolute Gasteiger partial charge is 0.256 e. The molecule has 1 aromatic carbocycles. The summed E-state index contributed by atoms with van der Waals surface area (Å²) in [5.74, 6) is -0.299. The minimum atomic E-state index is -2.47. The second-order valence-corrected chi connectivity index (χ2v) is 7.67. The molecule has 166 valence electrons. The Bertz CT molecular complexity index is 1030. The molecule has 2 heterocycles. The molecule has 2 aromatic rings. The number of rotatable bonds is 6. The summed E-state index contributed by atoms with van der Waals surface area (Å²) in [6.07, 6.45) is 3.05. The SMILES string of the molecule is N=C([O-])C1=C(Nc2cccc3c2ccn3CC(F)F)NC(=N[C@@H]2CCCC[C@@H]2N)NN1. The molecule has 1 fully saturated rings. The van der Waals surface area contributed by atoms with Crippen molar-refractivity contribution in [1.82, 2.24) is 20.7 Å². The standard InChI is InChI=1S/C20H26F2N8O/c21-16(22)10-30-9-8-11-13(6-3-7-15(11)30)25-19-17(18(24)31)28-29-20(27-19)26-14-5-2-1-4-12(14)23/h3,6-9,12,14,16,25,28H,1-2,4-5,10,23H2,(H2,24,31)(H2,26,27,29)/p-1/t12-,14+/m0/s1. The fourth-order valence-electron chi connectivity index (χ4n) is 3.97. The maximum absolute atomic E-state index is 12.9. The van der Waals surface area contributed by atoms with Crippen molar-refractivity contribution < 1.29 is 13.9 Å². The van der Waals surface area contributed by atoms with Crippen LogP contribution in [0, 0.1) is 5.41 Å². The lowest BCUT2D eigenvalue weighted by atomic mass is 9.91. The van der Waals surface area contributed by atoms with E-state index in [2.05, 4.69) is 26.5 Å². The summed E-state index contributed by atoms with van der Waals surface area (Å²) in [4.78, 5) is 4.63. The molecule has 31 heavy (non-hydrogen) atoms. The molecule has 0 radical (unpaired) electrons. The van der Waals surface area contributed by atoms with Crippen molar-refractivity contribution in [3.8, 4) is 0 Å². The molecule has 1 saturated carbocycles. The number of anilines is 1. The zero-order valence-electron chi connectivity index (χ0n) is 16.8. The lowest BCUT2D eigenvalue weighted by Gasteiger charge is -2.31. The zero-order chi connectivity index (χ0) is 22.0. The maximum Gasteiger partial charge on any atom is 0.256 e. The normalized spacial score (nSPS) is 22.9. The van der Waals surface area contributed by atoms with E-state index in [0.29, 0.717) is 22.5 Å². The van der Waals surface area contributed by atoms with Gasteiger partial charge in [0.05, 0.1) is 18.1 Å². The maximum atomic E-state index is 12.9. The molecule has 1 aliphatic heterocycles. The van der Waals surface area contributed by atoms with Gasteiger partial charge in [-0.05, 0) is 31.0 Å². The summed E-state index contributed by atoms with van der Waals surface area (Å²) >= 11 is 0. The minimum absolute atomic E-state index is 0.0177. The van der Waals surface area contributed by atoms with Crippen molar-refractivity contribution in [3.63, 3.8) is 0 Å². The summed E-state index contributed by atoms with van der Waals surface area (Å²) in [6, 6.07) is 6.90. The highest BCUT2D eigenvalue weighted by Gasteiger charge is 2.24. The first-order valence-corrected chi connectivity index (χ1v) is 10.2. The van der Waals surface area contributed by atoms with Gasteiger partial charge in [0.2, 0.25) is 5.96 Å². The number of benzene rings is 1. The van der Waals surface area contributed by atoms with Crippen LogP contribution in [0.4, 0.5) is 14.5 Å². The van der Waals surface area contributed by atoms with Crippen molar-refractivity contribution in [3.05, 3.63) is 42.0 Å². The molecule has 2 aliphatic rings. The van der Waals surface area contributed by atoms with E-state index in [0.717, 1.165) is 25.7 Å². The van der Waals surface area contributed by atoms with Gasteiger partial charge in [-0.1, -0.05) is 18.9 Å². The van der Waals surface area contributed by atoms with Gasteiger partial charge in [-0.3, -0.25) is 10.9 Å². The molecule has 1 aromatic heterocycles. The Morgan fingerprint density at radius 3 is 2.84 bits per heavy atom. The van der Waals surface area contributed by atoms with Crippen LogP contribution >= 0.6 is 0 Å². The lowest BCUT2D eigenvalue weighted by molar-refractivity contribution is -0.215. The van der Waals surface area contributed by atoms with E-state index in [1.165, 1.54) is 4.57 Å². The number of halogens is 2. The molecule has 2 atom stereocenters. The van der Waals surface area contributed by atoms with Crippen molar-refractivity contribution in [2.24, 2.45) is 10.7 Å². The predicted molar refractivity (Wildman–Crippen MR) is 113 cm³/mol. The van der Waals surface area contributed by atoms with Crippen molar-refractivity contribution >= 4 is 28.4 Å². The van der Waals surface area contributed by atoms with Gasteiger partial charge in [0.15, 0.2) is 0 Å². The average molecular weight is 431 g/mol. The molecule has 1 aliphatic carbocycles. The van der Waals surface area contributed by atoms with Gasteiger partial charge in [-0.2, -0.15) is 0 Å². The fraction of sp³-hybridized carbons (Fsp3) is 0.400. The first kappa shape index (κ1) is 20.9. The Hall–Kier alpha value is -3.34. The number of nitrogens with zero attached hydrogens (tertiary/aromatic N) is 2. The van der Waals surface area contributed by atoms with Gasteiger partial charge in [0.25, 0.3) is 6.43 Å². The van der Waals surface area contributed by atoms with Crippen LogP contribution in [0.1, 0.15) is 25.7 Å². The number of hydrazine groups is 1. The molecular formula is C20H25F2N8O-. The van der Waals surface area contributed by atoms with Gasteiger partial charge < -0.3 is 31.5 Å². The number of alkyl halides is 2. The predicted octanol–water partition coefficient (Wildman–Crippen LogP) is 1.15. The minimum Gasteiger partial charge on any atom is -0.858 e. The van der Waals surface area contributed by atoms with Gasteiger partial charge in [-0.25, -0.2) is 13.8 Å². The van der Waals surface area contributed by atoms with Crippen LogP contribution in [0.2, 0.25) is 0 Å². The highest BCUT2D eigenvalue weighted by atomic mass is 19.3. The van der Waals surface area contributed by atoms with Gasteiger partial charge in [0, 0.05) is 29.2 Å². The van der Waals surface area contributed by atoms with Crippen LogP contribution in [0.3, 0.4) is 0 Å².